The van der Waals surface area contributed by atoms with Crippen LogP contribution in [0.15, 0.2) is 52.3 Å². The lowest BCUT2D eigenvalue weighted by Gasteiger charge is -2.31. The third-order valence-corrected chi connectivity index (χ3v) is 5.78. The van der Waals surface area contributed by atoms with Crippen molar-refractivity contribution in [1.82, 2.24) is 20.0 Å². The molecule has 6 nitrogen and oxygen atoms in total. The minimum atomic E-state index is -0.00615. The van der Waals surface area contributed by atoms with Crippen LogP contribution in [0.3, 0.4) is 0 Å². The summed E-state index contributed by atoms with van der Waals surface area (Å²) >= 11 is 6.88. The Morgan fingerprint density at radius 3 is 2.70 bits per heavy atom. The summed E-state index contributed by atoms with van der Waals surface area (Å²) in [6, 6.07) is 13.5. The largest absolute Gasteiger partial charge is 0.408 e. The number of carbonyl (C=O) groups is 1. The first-order chi connectivity index (χ1) is 13.2. The fourth-order valence-corrected chi connectivity index (χ4v) is 3.98. The maximum absolute atomic E-state index is 12.3. The van der Waals surface area contributed by atoms with Crippen LogP contribution in [0.1, 0.15) is 23.2 Å². The van der Waals surface area contributed by atoms with Gasteiger partial charge in [-0.1, -0.05) is 24.3 Å². The second kappa shape index (κ2) is 8.16. The van der Waals surface area contributed by atoms with Crippen molar-refractivity contribution in [3.8, 4) is 10.8 Å². The molecule has 0 aliphatic carbocycles. The molecule has 0 bridgehead atoms. The molecule has 3 heterocycles. The van der Waals surface area contributed by atoms with Crippen LogP contribution in [0, 0.1) is 4.84 Å². The number of likely N-dealkylation sites (tertiary alicyclic amines) is 1. The Labute approximate surface area is 166 Å². The molecule has 1 saturated heterocycles. The van der Waals surface area contributed by atoms with E-state index in [1.54, 1.807) is 16.0 Å². The van der Waals surface area contributed by atoms with Gasteiger partial charge in [0.15, 0.2) is 0 Å². The first-order valence-corrected chi connectivity index (χ1v) is 10.2. The van der Waals surface area contributed by atoms with Crippen molar-refractivity contribution < 1.29 is 9.21 Å². The number of piperidine rings is 1. The average Bonchev–Trinajstić information content (AvgIpc) is 3.34. The van der Waals surface area contributed by atoms with E-state index in [2.05, 4.69) is 15.3 Å². The molecule has 8 heteroatoms. The Balaban J connectivity index is 1.31. The molecule has 0 unspecified atom stereocenters. The van der Waals surface area contributed by atoms with Gasteiger partial charge in [0.25, 0.3) is 16.6 Å². The highest BCUT2D eigenvalue weighted by atomic mass is 32.1. The summed E-state index contributed by atoms with van der Waals surface area (Å²) < 4.78 is 7.35. The number of rotatable bonds is 5. The molecule has 0 saturated carbocycles. The van der Waals surface area contributed by atoms with Gasteiger partial charge in [-0.05, 0) is 48.6 Å². The third kappa shape index (κ3) is 4.35. The molecule has 27 heavy (non-hydrogen) atoms. The summed E-state index contributed by atoms with van der Waals surface area (Å²) in [7, 11) is 0. The quantitative estimate of drug-likeness (QED) is 0.660. The zero-order chi connectivity index (χ0) is 18.6. The number of hydrogen-bond donors (Lipinski definition) is 1. The van der Waals surface area contributed by atoms with Crippen molar-refractivity contribution in [3.63, 3.8) is 0 Å². The van der Waals surface area contributed by atoms with Crippen molar-refractivity contribution in [3.05, 3.63) is 58.2 Å². The van der Waals surface area contributed by atoms with Crippen LogP contribution in [0.2, 0.25) is 0 Å². The van der Waals surface area contributed by atoms with Gasteiger partial charge < -0.3 is 9.73 Å². The van der Waals surface area contributed by atoms with Gasteiger partial charge in [-0.15, -0.1) is 16.4 Å². The summed E-state index contributed by atoms with van der Waals surface area (Å²) in [5.41, 5.74) is 0.704. The zero-order valence-electron chi connectivity index (χ0n) is 14.7. The number of carbonyl (C=O) groups excluding carboxylic acids is 1. The second-order valence-electron chi connectivity index (χ2n) is 6.52. The molecule has 1 amide bonds. The zero-order valence-corrected chi connectivity index (χ0v) is 16.3. The van der Waals surface area contributed by atoms with Crippen molar-refractivity contribution in [1.29, 1.82) is 0 Å². The van der Waals surface area contributed by atoms with Crippen LogP contribution in [0.5, 0.6) is 0 Å². The lowest BCUT2D eigenvalue weighted by Crippen LogP contribution is -2.45. The topological polar surface area (TPSA) is 63.3 Å². The molecule has 1 aliphatic rings. The standard InChI is InChI=1S/C19H20N4O2S2/c24-17(14-5-2-1-3-6-14)20-15-8-10-22(11-9-15)13-23-19(26)25-18(21-23)16-7-4-12-27-16/h1-7,12,15H,8-11,13H2,(H,20,24). The van der Waals surface area contributed by atoms with Gasteiger partial charge in [0.1, 0.15) is 0 Å². The van der Waals surface area contributed by atoms with E-state index in [-0.39, 0.29) is 11.9 Å². The van der Waals surface area contributed by atoms with Crippen molar-refractivity contribution in [2.75, 3.05) is 13.1 Å². The van der Waals surface area contributed by atoms with E-state index in [0.717, 1.165) is 30.8 Å². The molecule has 140 valence electrons. The Morgan fingerprint density at radius 1 is 1.22 bits per heavy atom. The highest BCUT2D eigenvalue weighted by Gasteiger charge is 2.22. The minimum absolute atomic E-state index is 0.00615. The number of nitrogens with zero attached hydrogens (tertiary/aromatic N) is 3. The van der Waals surface area contributed by atoms with Crippen LogP contribution in [0.25, 0.3) is 10.8 Å². The summed E-state index contributed by atoms with van der Waals surface area (Å²) in [6.45, 7) is 2.36. The number of hydrogen-bond acceptors (Lipinski definition) is 6. The maximum Gasteiger partial charge on any atom is 0.288 e. The van der Waals surface area contributed by atoms with E-state index in [0.29, 0.717) is 23.0 Å². The highest BCUT2D eigenvalue weighted by Crippen LogP contribution is 2.23. The van der Waals surface area contributed by atoms with Gasteiger partial charge in [-0.2, -0.15) is 0 Å². The fraction of sp³-hybridized carbons (Fsp3) is 0.316. The van der Waals surface area contributed by atoms with Gasteiger partial charge >= 0.3 is 0 Å². The maximum atomic E-state index is 12.3. The van der Waals surface area contributed by atoms with E-state index >= 15 is 0 Å². The molecule has 4 rings (SSSR count). The predicted molar refractivity (Wildman–Crippen MR) is 107 cm³/mol. The summed E-state index contributed by atoms with van der Waals surface area (Å²) in [4.78, 5) is 15.9. The van der Waals surface area contributed by atoms with E-state index < -0.39 is 0 Å². The normalized spacial score (nSPS) is 15.7. The summed E-state index contributed by atoms with van der Waals surface area (Å²) in [5.74, 6) is 0.563. The second-order valence-corrected chi connectivity index (χ2v) is 7.82. The molecule has 0 atom stereocenters. The minimum Gasteiger partial charge on any atom is -0.408 e. The lowest BCUT2D eigenvalue weighted by atomic mass is 10.0. The molecule has 2 aromatic heterocycles. The van der Waals surface area contributed by atoms with E-state index in [1.807, 2.05) is 47.8 Å². The Morgan fingerprint density at radius 2 is 2.00 bits per heavy atom. The van der Waals surface area contributed by atoms with E-state index in [9.17, 15) is 4.79 Å². The third-order valence-electron chi connectivity index (χ3n) is 4.63. The van der Waals surface area contributed by atoms with Gasteiger partial charge in [0, 0.05) is 24.7 Å². The number of benzene rings is 1. The molecule has 1 fully saturated rings. The highest BCUT2D eigenvalue weighted by molar-refractivity contribution is 7.71. The Hall–Kier alpha value is -2.29. The van der Waals surface area contributed by atoms with Crippen LogP contribution in [0.4, 0.5) is 0 Å². The molecular formula is C19H20N4O2S2. The SMILES string of the molecule is O=C(NC1CCN(Cn2nc(-c3cccs3)oc2=S)CC1)c1ccccc1. The summed E-state index contributed by atoms with van der Waals surface area (Å²) in [5, 5.41) is 9.61. The molecule has 1 aliphatic heterocycles. The van der Waals surface area contributed by atoms with Crippen LogP contribution in [-0.4, -0.2) is 39.7 Å². The van der Waals surface area contributed by atoms with Crippen LogP contribution >= 0.6 is 23.6 Å². The molecule has 1 aromatic carbocycles. The first-order valence-electron chi connectivity index (χ1n) is 8.89. The molecule has 0 radical (unpaired) electrons. The average molecular weight is 401 g/mol. The predicted octanol–water partition coefficient (Wildman–Crippen LogP) is 3.79. The summed E-state index contributed by atoms with van der Waals surface area (Å²) in [6.07, 6.45) is 1.81. The number of amides is 1. The number of nitrogens with one attached hydrogen (secondary N) is 1. The molecular weight excluding hydrogens is 380 g/mol. The van der Waals surface area contributed by atoms with Crippen molar-refractivity contribution >= 4 is 29.5 Å². The van der Waals surface area contributed by atoms with E-state index in [1.165, 1.54) is 0 Å². The van der Waals surface area contributed by atoms with Crippen LogP contribution < -0.4 is 5.32 Å². The van der Waals surface area contributed by atoms with Gasteiger partial charge in [0.2, 0.25) is 0 Å². The molecule has 1 N–H and O–H groups in total. The van der Waals surface area contributed by atoms with Gasteiger partial charge in [-0.3, -0.25) is 9.69 Å². The lowest BCUT2D eigenvalue weighted by molar-refractivity contribution is 0.0895. The number of aromatic nitrogens is 2. The van der Waals surface area contributed by atoms with Crippen molar-refractivity contribution in [2.45, 2.75) is 25.6 Å². The fourth-order valence-electron chi connectivity index (χ4n) is 3.16. The number of thiophene rings is 1. The molecule has 3 aromatic rings. The van der Waals surface area contributed by atoms with Gasteiger partial charge in [-0.25, -0.2) is 4.68 Å². The van der Waals surface area contributed by atoms with E-state index in [4.69, 9.17) is 16.6 Å². The molecule has 0 spiro atoms. The van der Waals surface area contributed by atoms with Gasteiger partial charge in [0.05, 0.1) is 11.5 Å². The Bertz CT molecular complexity index is 942. The van der Waals surface area contributed by atoms with Crippen molar-refractivity contribution in [2.24, 2.45) is 0 Å². The monoisotopic (exact) mass is 400 g/mol. The first kappa shape index (κ1) is 18.1. The Kier molecular flexibility index (Phi) is 5.47. The van der Waals surface area contributed by atoms with Crippen LogP contribution in [-0.2, 0) is 6.67 Å². The smallest absolute Gasteiger partial charge is 0.288 e.